The number of rotatable bonds is 6. The molecule has 1 fully saturated rings. The molecular formula is C17H18FN3O6S2. The van der Waals surface area contributed by atoms with Crippen LogP contribution in [0.2, 0.25) is 0 Å². The van der Waals surface area contributed by atoms with E-state index in [1.807, 2.05) is 4.72 Å². The lowest BCUT2D eigenvalue weighted by Gasteiger charge is -2.32. The van der Waals surface area contributed by atoms with Gasteiger partial charge in [-0.2, -0.15) is 24.1 Å². The first kappa shape index (κ1) is 21.2. The summed E-state index contributed by atoms with van der Waals surface area (Å²) in [6, 6.07) is 4.93. The molecule has 2 N–H and O–H groups in total. The van der Waals surface area contributed by atoms with Crippen LogP contribution in [0.15, 0.2) is 35.0 Å². The van der Waals surface area contributed by atoms with Crippen LogP contribution in [0, 0.1) is 5.82 Å². The van der Waals surface area contributed by atoms with Crippen LogP contribution in [0.3, 0.4) is 0 Å². The number of nitrogens with one attached hydrogen (secondary N) is 2. The molecule has 29 heavy (non-hydrogen) atoms. The molecule has 1 aromatic heterocycles. The number of nitrogens with zero attached hydrogens (tertiary/aromatic N) is 1. The van der Waals surface area contributed by atoms with Crippen LogP contribution in [0.25, 0.3) is 0 Å². The van der Waals surface area contributed by atoms with Gasteiger partial charge in [-0.05, 0) is 23.6 Å². The van der Waals surface area contributed by atoms with E-state index < -0.39 is 34.1 Å². The lowest BCUT2D eigenvalue weighted by atomic mass is 10.2. The molecule has 1 aliphatic heterocycles. The Kier molecular flexibility index (Phi) is 6.47. The molecule has 1 atom stereocenters. The zero-order valence-corrected chi connectivity index (χ0v) is 16.9. The summed E-state index contributed by atoms with van der Waals surface area (Å²) in [5.74, 6) is -1.89. The van der Waals surface area contributed by atoms with Crippen molar-refractivity contribution >= 4 is 33.4 Å². The molecule has 1 saturated heterocycles. The molecule has 2 amide bonds. The van der Waals surface area contributed by atoms with Gasteiger partial charge in [-0.3, -0.25) is 9.59 Å². The maximum atomic E-state index is 13.3. The molecule has 0 spiro atoms. The van der Waals surface area contributed by atoms with Gasteiger partial charge in [-0.25, -0.2) is 9.11 Å². The number of methoxy groups -OCH3 is 1. The third kappa shape index (κ3) is 5.09. The number of carbonyl (C=O) groups excluding carboxylic acids is 2. The molecule has 2 heterocycles. The molecule has 0 aliphatic carbocycles. The fraction of sp³-hybridized carbons (Fsp3) is 0.294. The highest BCUT2D eigenvalue weighted by Gasteiger charge is 2.32. The van der Waals surface area contributed by atoms with E-state index in [9.17, 15) is 22.4 Å². The Morgan fingerprint density at radius 2 is 2.10 bits per heavy atom. The number of hydrogen-bond acceptors (Lipinski definition) is 7. The second-order valence-electron chi connectivity index (χ2n) is 5.98. The van der Waals surface area contributed by atoms with Crippen molar-refractivity contribution in [1.82, 2.24) is 14.3 Å². The molecule has 1 unspecified atom stereocenters. The summed E-state index contributed by atoms with van der Waals surface area (Å²) >= 11 is 1.27. The third-order valence-corrected chi connectivity index (χ3v) is 6.21. The monoisotopic (exact) mass is 443 g/mol. The number of hydrogen-bond donors (Lipinski definition) is 2. The molecule has 9 nitrogen and oxygen atoms in total. The summed E-state index contributed by atoms with van der Waals surface area (Å²) in [4.78, 5) is 24.5. The maximum absolute atomic E-state index is 13.3. The second kappa shape index (κ2) is 8.86. The zero-order valence-electron chi connectivity index (χ0n) is 15.3. The predicted molar refractivity (Wildman–Crippen MR) is 102 cm³/mol. The van der Waals surface area contributed by atoms with Crippen LogP contribution in [0.4, 0.5) is 4.39 Å². The van der Waals surface area contributed by atoms with Crippen LogP contribution >= 0.6 is 11.3 Å². The maximum Gasteiger partial charge on any atom is 0.304 e. The molecule has 0 saturated carbocycles. The van der Waals surface area contributed by atoms with Crippen LogP contribution in [-0.4, -0.2) is 57.6 Å². The average Bonchev–Trinajstić information content (AvgIpc) is 3.22. The number of morpholine rings is 1. The van der Waals surface area contributed by atoms with E-state index in [-0.39, 0.29) is 36.6 Å². The molecule has 0 radical (unpaired) electrons. The summed E-state index contributed by atoms with van der Waals surface area (Å²) in [5, 5.41) is 5.72. The van der Waals surface area contributed by atoms with Crippen LogP contribution < -0.4 is 14.8 Å². The fourth-order valence-corrected chi connectivity index (χ4v) is 4.41. The zero-order chi connectivity index (χ0) is 21.0. The van der Waals surface area contributed by atoms with Gasteiger partial charge in [0.25, 0.3) is 11.8 Å². The van der Waals surface area contributed by atoms with Crippen molar-refractivity contribution < 1.29 is 31.9 Å². The highest BCUT2D eigenvalue weighted by molar-refractivity contribution is 7.87. The van der Waals surface area contributed by atoms with Gasteiger partial charge in [0.1, 0.15) is 17.8 Å². The van der Waals surface area contributed by atoms with Gasteiger partial charge in [0, 0.05) is 18.0 Å². The van der Waals surface area contributed by atoms with Gasteiger partial charge < -0.3 is 14.8 Å². The van der Waals surface area contributed by atoms with Crippen molar-refractivity contribution in [2.24, 2.45) is 0 Å². The summed E-state index contributed by atoms with van der Waals surface area (Å²) in [7, 11) is -2.83. The lowest BCUT2D eigenvalue weighted by molar-refractivity contribution is -0.0175. The smallest absolute Gasteiger partial charge is 0.304 e. The van der Waals surface area contributed by atoms with E-state index in [2.05, 4.69) is 5.32 Å². The van der Waals surface area contributed by atoms with E-state index in [1.54, 1.807) is 5.38 Å². The summed E-state index contributed by atoms with van der Waals surface area (Å²) in [5.41, 5.74) is 0.309. The van der Waals surface area contributed by atoms with Crippen molar-refractivity contribution in [3.63, 3.8) is 0 Å². The highest BCUT2D eigenvalue weighted by atomic mass is 32.2. The van der Waals surface area contributed by atoms with E-state index in [0.717, 1.165) is 16.4 Å². The molecule has 1 aromatic carbocycles. The van der Waals surface area contributed by atoms with E-state index in [1.165, 1.54) is 36.0 Å². The highest BCUT2D eigenvalue weighted by Crippen LogP contribution is 2.20. The number of halogens is 1. The number of benzene rings is 1. The Bertz CT molecular complexity index is 997. The van der Waals surface area contributed by atoms with E-state index in [4.69, 9.17) is 9.47 Å². The Morgan fingerprint density at radius 3 is 2.79 bits per heavy atom. The second-order valence-corrected chi connectivity index (χ2v) is 8.43. The quantitative estimate of drug-likeness (QED) is 0.688. The molecule has 1 aliphatic rings. The number of carbonyl (C=O) groups is 2. The van der Waals surface area contributed by atoms with Gasteiger partial charge >= 0.3 is 10.2 Å². The molecular weight excluding hydrogens is 425 g/mol. The normalized spacial score (nSPS) is 17.5. The fourth-order valence-electron chi connectivity index (χ4n) is 2.64. The standard InChI is InChI=1S/C17H18FN3O6S2/c1-26-14-8-12(18)2-3-13(14)17(23)19-15-9-21(5-6-27-15)29(24,25)20-16(22)11-4-7-28-10-11/h2-4,7-8,10,15H,5-6,9H2,1H3,(H,19,23)(H,20,22). The molecule has 3 rings (SSSR count). The minimum absolute atomic E-state index is 0.0124. The van der Waals surface area contributed by atoms with Crippen molar-refractivity contribution in [3.05, 3.63) is 52.0 Å². The summed E-state index contributed by atoms with van der Waals surface area (Å²) < 4.78 is 51.7. The van der Waals surface area contributed by atoms with Gasteiger partial charge in [-0.15, -0.1) is 0 Å². The third-order valence-electron chi connectivity index (χ3n) is 4.07. The Balaban J connectivity index is 1.66. The Hall–Kier alpha value is -2.54. The van der Waals surface area contributed by atoms with Crippen molar-refractivity contribution in [1.29, 1.82) is 0 Å². The number of amides is 2. The minimum Gasteiger partial charge on any atom is -0.496 e. The first-order valence-electron chi connectivity index (χ1n) is 8.40. The van der Waals surface area contributed by atoms with Gasteiger partial charge in [0.2, 0.25) is 0 Å². The van der Waals surface area contributed by atoms with Gasteiger partial charge in [0.15, 0.2) is 0 Å². The first-order chi connectivity index (χ1) is 13.8. The van der Waals surface area contributed by atoms with E-state index in [0.29, 0.717) is 0 Å². The largest absolute Gasteiger partial charge is 0.496 e. The first-order valence-corrected chi connectivity index (χ1v) is 10.8. The topological polar surface area (TPSA) is 114 Å². The molecule has 0 bridgehead atoms. The number of thiophene rings is 1. The SMILES string of the molecule is COc1cc(F)ccc1C(=O)NC1CN(S(=O)(=O)NC(=O)c2ccsc2)CCO1. The summed E-state index contributed by atoms with van der Waals surface area (Å²) in [6.07, 6.45) is -0.959. The average molecular weight is 443 g/mol. The van der Waals surface area contributed by atoms with Crippen LogP contribution in [0.5, 0.6) is 5.75 Å². The van der Waals surface area contributed by atoms with Gasteiger partial charge in [0.05, 0.1) is 31.4 Å². The van der Waals surface area contributed by atoms with Crippen molar-refractivity contribution in [3.8, 4) is 5.75 Å². The van der Waals surface area contributed by atoms with Crippen LogP contribution in [0.1, 0.15) is 20.7 Å². The molecule has 156 valence electrons. The lowest BCUT2D eigenvalue weighted by Crippen LogP contribution is -2.55. The van der Waals surface area contributed by atoms with Crippen LogP contribution in [-0.2, 0) is 14.9 Å². The van der Waals surface area contributed by atoms with Crippen molar-refractivity contribution in [2.45, 2.75) is 6.23 Å². The van der Waals surface area contributed by atoms with Gasteiger partial charge in [-0.1, -0.05) is 0 Å². The molecule has 2 aromatic rings. The Labute approximate surface area is 170 Å². The summed E-state index contributed by atoms with van der Waals surface area (Å²) in [6.45, 7) is -0.182. The predicted octanol–water partition coefficient (Wildman–Crippen LogP) is 0.959. The number of ether oxygens (including phenoxy) is 2. The molecule has 12 heteroatoms. The Morgan fingerprint density at radius 1 is 1.31 bits per heavy atom. The van der Waals surface area contributed by atoms with Crippen molar-refractivity contribution in [2.75, 3.05) is 26.8 Å². The minimum atomic E-state index is -4.13. The van der Waals surface area contributed by atoms with E-state index >= 15 is 0 Å².